The fraction of sp³-hybridized carbons (Fsp3) is 0.188. The van der Waals surface area contributed by atoms with Gasteiger partial charge in [0.25, 0.3) is 5.56 Å². The van der Waals surface area contributed by atoms with Crippen molar-refractivity contribution in [1.29, 1.82) is 0 Å². The molecule has 0 saturated heterocycles. The summed E-state index contributed by atoms with van der Waals surface area (Å²) >= 11 is 0. The molecule has 0 saturated carbocycles. The molecule has 0 spiro atoms. The van der Waals surface area contributed by atoms with Gasteiger partial charge in [-0.3, -0.25) is 4.79 Å². The molecule has 1 atom stereocenters. The number of hydrogen-bond donors (Lipinski definition) is 1. The Morgan fingerprint density at radius 3 is 2.91 bits per heavy atom. The normalized spacial score (nSPS) is 12.5. The number of hydrogen-bond acceptors (Lipinski definition) is 4. The lowest BCUT2D eigenvalue weighted by Gasteiger charge is -2.14. The van der Waals surface area contributed by atoms with E-state index in [4.69, 9.17) is 9.15 Å². The first-order valence-electron chi connectivity index (χ1n) is 6.68. The van der Waals surface area contributed by atoms with Gasteiger partial charge in [-0.05, 0) is 29.8 Å². The lowest BCUT2D eigenvalue weighted by atomic mass is 10.1. The summed E-state index contributed by atoms with van der Waals surface area (Å²) < 4.78 is 25.0. The summed E-state index contributed by atoms with van der Waals surface area (Å²) in [6.07, 6.45) is 1.96. The van der Waals surface area contributed by atoms with Crippen LogP contribution in [0.3, 0.4) is 0 Å². The minimum atomic E-state index is -1.01. The van der Waals surface area contributed by atoms with Crippen LogP contribution >= 0.6 is 0 Å². The van der Waals surface area contributed by atoms with Crippen LogP contribution in [0.2, 0.25) is 0 Å². The summed E-state index contributed by atoms with van der Waals surface area (Å²) in [6.45, 7) is 0.0196. The van der Waals surface area contributed by atoms with Crippen LogP contribution < -0.4 is 10.3 Å². The second-order valence-corrected chi connectivity index (χ2v) is 4.88. The number of aromatic nitrogens is 1. The van der Waals surface area contributed by atoms with Crippen LogP contribution in [0.5, 0.6) is 5.75 Å². The highest BCUT2D eigenvalue weighted by molar-refractivity contribution is 5.75. The fourth-order valence-electron chi connectivity index (χ4n) is 2.33. The molecule has 5 nitrogen and oxygen atoms in total. The zero-order chi connectivity index (χ0) is 15.7. The molecule has 1 N–H and O–H groups in total. The Hall–Kier alpha value is -2.60. The Morgan fingerprint density at radius 1 is 1.36 bits per heavy atom. The summed E-state index contributed by atoms with van der Waals surface area (Å²) in [5, 5.41) is 10.7. The van der Waals surface area contributed by atoms with E-state index in [-0.39, 0.29) is 17.9 Å². The average Bonchev–Trinajstić information content (AvgIpc) is 2.99. The number of ether oxygens (including phenoxy) is 1. The van der Waals surface area contributed by atoms with Gasteiger partial charge in [-0.2, -0.15) is 0 Å². The highest BCUT2D eigenvalue weighted by Crippen LogP contribution is 2.22. The summed E-state index contributed by atoms with van der Waals surface area (Å²) in [5.41, 5.74) is 0.600. The summed E-state index contributed by atoms with van der Waals surface area (Å²) in [4.78, 5) is 12.2. The number of halogens is 1. The Labute approximate surface area is 125 Å². The molecular weight excluding hydrogens is 289 g/mol. The van der Waals surface area contributed by atoms with Gasteiger partial charge in [0.15, 0.2) is 11.6 Å². The SMILES string of the molecule is COc1ccc(C(O)Cn2ccc3occc3c2=O)cc1F. The van der Waals surface area contributed by atoms with E-state index < -0.39 is 11.9 Å². The number of methoxy groups -OCH3 is 1. The van der Waals surface area contributed by atoms with Crippen molar-refractivity contribution < 1.29 is 18.7 Å². The van der Waals surface area contributed by atoms with Gasteiger partial charge < -0.3 is 18.8 Å². The Morgan fingerprint density at radius 2 is 2.18 bits per heavy atom. The second kappa shape index (κ2) is 5.65. The van der Waals surface area contributed by atoms with Gasteiger partial charge in [0.05, 0.1) is 31.4 Å². The molecule has 2 heterocycles. The molecule has 0 aliphatic rings. The van der Waals surface area contributed by atoms with Crippen molar-refractivity contribution in [2.75, 3.05) is 7.11 Å². The minimum Gasteiger partial charge on any atom is -0.494 e. The first kappa shape index (κ1) is 14.3. The van der Waals surface area contributed by atoms with E-state index in [9.17, 15) is 14.3 Å². The Kier molecular flexibility index (Phi) is 3.68. The van der Waals surface area contributed by atoms with E-state index in [0.717, 1.165) is 0 Å². The number of nitrogens with zero attached hydrogens (tertiary/aromatic N) is 1. The largest absolute Gasteiger partial charge is 0.494 e. The lowest BCUT2D eigenvalue weighted by Crippen LogP contribution is -2.22. The number of rotatable bonds is 4. The van der Waals surface area contributed by atoms with Crippen molar-refractivity contribution in [2.24, 2.45) is 0 Å². The first-order chi connectivity index (χ1) is 10.6. The molecule has 2 aromatic heterocycles. The number of pyridine rings is 1. The smallest absolute Gasteiger partial charge is 0.261 e. The molecule has 22 heavy (non-hydrogen) atoms. The zero-order valence-electron chi connectivity index (χ0n) is 11.8. The van der Waals surface area contributed by atoms with Gasteiger partial charge in [0.1, 0.15) is 5.58 Å². The van der Waals surface area contributed by atoms with Crippen LogP contribution in [0.25, 0.3) is 11.0 Å². The molecule has 3 aromatic rings. The second-order valence-electron chi connectivity index (χ2n) is 4.88. The minimum absolute atomic E-state index is 0.0196. The number of benzene rings is 1. The van der Waals surface area contributed by atoms with E-state index in [1.54, 1.807) is 18.2 Å². The molecule has 0 fully saturated rings. The number of aliphatic hydroxyl groups is 1. The third-order valence-electron chi connectivity index (χ3n) is 3.52. The molecule has 6 heteroatoms. The van der Waals surface area contributed by atoms with Crippen molar-refractivity contribution in [3.8, 4) is 5.75 Å². The highest BCUT2D eigenvalue weighted by Gasteiger charge is 2.14. The number of aliphatic hydroxyl groups excluding tert-OH is 1. The summed E-state index contributed by atoms with van der Waals surface area (Å²) in [7, 11) is 1.37. The molecule has 1 aromatic carbocycles. The molecule has 0 aliphatic carbocycles. The molecule has 114 valence electrons. The number of fused-ring (bicyclic) bond motifs is 1. The van der Waals surface area contributed by atoms with Gasteiger partial charge in [-0.15, -0.1) is 0 Å². The summed E-state index contributed by atoms with van der Waals surface area (Å²) in [6, 6.07) is 7.43. The van der Waals surface area contributed by atoms with E-state index in [0.29, 0.717) is 16.5 Å². The molecule has 1 unspecified atom stereocenters. The van der Waals surface area contributed by atoms with E-state index in [1.807, 2.05) is 0 Å². The van der Waals surface area contributed by atoms with Gasteiger partial charge in [0, 0.05) is 6.20 Å². The predicted molar refractivity (Wildman–Crippen MR) is 78.4 cm³/mol. The maximum Gasteiger partial charge on any atom is 0.261 e. The molecule has 0 amide bonds. The third kappa shape index (κ3) is 2.48. The van der Waals surface area contributed by atoms with Gasteiger partial charge >= 0.3 is 0 Å². The van der Waals surface area contributed by atoms with Crippen molar-refractivity contribution in [3.63, 3.8) is 0 Å². The fourth-order valence-corrected chi connectivity index (χ4v) is 2.33. The van der Waals surface area contributed by atoms with Crippen molar-refractivity contribution in [1.82, 2.24) is 4.57 Å². The van der Waals surface area contributed by atoms with Crippen molar-refractivity contribution in [3.05, 3.63) is 64.5 Å². The molecular formula is C16H14FNO4. The van der Waals surface area contributed by atoms with Crippen molar-refractivity contribution >= 4 is 11.0 Å². The summed E-state index contributed by atoms with van der Waals surface area (Å²) in [5.74, 6) is -0.454. The number of furan rings is 1. The standard InChI is InChI=1S/C16H14FNO4/c1-21-15-3-2-10(8-12(15)17)13(19)9-18-6-4-14-11(16(18)20)5-7-22-14/h2-8,13,19H,9H2,1H3. The van der Waals surface area contributed by atoms with Crippen LogP contribution in [-0.4, -0.2) is 16.8 Å². The predicted octanol–water partition coefficient (Wildman–Crippen LogP) is 2.48. The first-order valence-corrected chi connectivity index (χ1v) is 6.68. The molecule has 0 bridgehead atoms. The van der Waals surface area contributed by atoms with Gasteiger partial charge in [0.2, 0.25) is 0 Å². The topological polar surface area (TPSA) is 64.6 Å². The molecule has 0 aliphatic heterocycles. The lowest BCUT2D eigenvalue weighted by molar-refractivity contribution is 0.154. The van der Waals surface area contributed by atoms with Gasteiger partial charge in [-0.25, -0.2) is 4.39 Å². The van der Waals surface area contributed by atoms with Gasteiger partial charge in [-0.1, -0.05) is 6.07 Å². The van der Waals surface area contributed by atoms with Crippen LogP contribution in [0.1, 0.15) is 11.7 Å². The molecule has 0 radical (unpaired) electrons. The van der Waals surface area contributed by atoms with Crippen LogP contribution in [0.4, 0.5) is 4.39 Å². The third-order valence-corrected chi connectivity index (χ3v) is 3.52. The van der Waals surface area contributed by atoms with E-state index in [1.165, 1.54) is 36.3 Å². The van der Waals surface area contributed by atoms with E-state index >= 15 is 0 Å². The Balaban J connectivity index is 1.89. The van der Waals surface area contributed by atoms with E-state index in [2.05, 4.69) is 0 Å². The maximum absolute atomic E-state index is 13.7. The molecule has 3 rings (SSSR count). The Bertz CT molecular complexity index is 868. The van der Waals surface area contributed by atoms with Crippen LogP contribution in [0, 0.1) is 5.82 Å². The monoisotopic (exact) mass is 303 g/mol. The van der Waals surface area contributed by atoms with Crippen LogP contribution in [0.15, 0.2) is 52.0 Å². The zero-order valence-corrected chi connectivity index (χ0v) is 11.8. The van der Waals surface area contributed by atoms with Crippen molar-refractivity contribution in [2.45, 2.75) is 12.6 Å². The quantitative estimate of drug-likeness (QED) is 0.804. The van der Waals surface area contributed by atoms with Crippen LogP contribution in [-0.2, 0) is 6.54 Å². The highest BCUT2D eigenvalue weighted by atomic mass is 19.1. The average molecular weight is 303 g/mol. The maximum atomic E-state index is 13.7.